The van der Waals surface area contributed by atoms with Crippen molar-refractivity contribution in [2.75, 3.05) is 0 Å². The fraction of sp³-hybridized carbons (Fsp3) is 0.667. The molecule has 21 heavy (non-hydrogen) atoms. The molecule has 0 aromatic carbocycles. The van der Waals surface area contributed by atoms with Gasteiger partial charge in [-0.1, -0.05) is 20.8 Å². The zero-order chi connectivity index (χ0) is 17.3. The third-order valence-corrected chi connectivity index (χ3v) is 3.05. The van der Waals surface area contributed by atoms with Gasteiger partial charge < -0.3 is 9.84 Å². The van der Waals surface area contributed by atoms with Crippen molar-refractivity contribution >= 4 is 11.9 Å². The summed E-state index contributed by atoms with van der Waals surface area (Å²) in [6.07, 6.45) is -5.40. The summed E-state index contributed by atoms with van der Waals surface area (Å²) in [5, 5.41) is 8.29. The standard InChI is InChI=1S/C12H15F5O4/c1-9(2,3)10(4,11(13,14)12(15,16)17)21-8(20)6-5-7(18)19/h5-6H,1-4H3,(H,18,19)/b6-5-. The number of carbonyl (C=O) groups is 2. The Hall–Kier alpha value is -1.67. The van der Waals surface area contributed by atoms with Crippen LogP contribution in [0.1, 0.15) is 27.7 Å². The molecule has 0 aromatic rings. The van der Waals surface area contributed by atoms with Crippen molar-refractivity contribution < 1.29 is 41.4 Å². The molecule has 0 aliphatic heterocycles. The Balaban J connectivity index is 5.71. The molecule has 1 unspecified atom stereocenters. The Labute approximate surface area is 117 Å². The number of alkyl halides is 5. The van der Waals surface area contributed by atoms with Gasteiger partial charge >= 0.3 is 24.0 Å². The van der Waals surface area contributed by atoms with E-state index in [9.17, 15) is 31.5 Å². The van der Waals surface area contributed by atoms with Crippen molar-refractivity contribution in [3.05, 3.63) is 12.2 Å². The van der Waals surface area contributed by atoms with Gasteiger partial charge in [0.25, 0.3) is 0 Å². The van der Waals surface area contributed by atoms with E-state index < -0.39 is 35.1 Å². The van der Waals surface area contributed by atoms with Crippen molar-refractivity contribution in [3.63, 3.8) is 0 Å². The number of ether oxygens (including phenoxy) is 1. The lowest BCUT2D eigenvalue weighted by molar-refractivity contribution is -0.356. The number of hydrogen-bond acceptors (Lipinski definition) is 3. The molecule has 0 heterocycles. The van der Waals surface area contributed by atoms with E-state index in [1.54, 1.807) is 0 Å². The Bertz CT molecular complexity index is 448. The minimum Gasteiger partial charge on any atom is -0.478 e. The van der Waals surface area contributed by atoms with Crippen LogP contribution < -0.4 is 0 Å². The lowest BCUT2D eigenvalue weighted by Gasteiger charge is -2.45. The first-order chi connectivity index (χ1) is 9.06. The SMILES string of the molecule is CC(C)(C)C(C)(OC(=O)/C=C\C(=O)O)C(F)(F)C(F)(F)F. The molecule has 0 aromatic heterocycles. The number of carboxylic acid groups (broad SMARTS) is 1. The molecule has 0 rings (SSSR count). The minimum absolute atomic E-state index is 0.263. The van der Waals surface area contributed by atoms with Gasteiger partial charge in [-0.3, -0.25) is 0 Å². The summed E-state index contributed by atoms with van der Waals surface area (Å²) in [7, 11) is 0. The monoisotopic (exact) mass is 318 g/mol. The van der Waals surface area contributed by atoms with Crippen LogP contribution in [0.15, 0.2) is 12.2 Å². The summed E-state index contributed by atoms with van der Waals surface area (Å²) in [4.78, 5) is 21.5. The number of carbonyl (C=O) groups excluding carboxylic acids is 1. The Morgan fingerprint density at radius 2 is 1.38 bits per heavy atom. The van der Waals surface area contributed by atoms with E-state index in [2.05, 4.69) is 4.74 Å². The molecule has 9 heteroatoms. The quantitative estimate of drug-likeness (QED) is 0.491. The highest BCUT2D eigenvalue weighted by Gasteiger charge is 2.73. The van der Waals surface area contributed by atoms with E-state index in [4.69, 9.17) is 5.11 Å². The predicted molar refractivity (Wildman–Crippen MR) is 61.7 cm³/mol. The van der Waals surface area contributed by atoms with Crippen LogP contribution >= 0.6 is 0 Å². The van der Waals surface area contributed by atoms with Crippen molar-refractivity contribution in [1.29, 1.82) is 0 Å². The van der Waals surface area contributed by atoms with Crippen molar-refractivity contribution in [2.45, 2.75) is 45.4 Å². The fourth-order valence-corrected chi connectivity index (χ4v) is 1.33. The summed E-state index contributed by atoms with van der Waals surface area (Å²) in [5.74, 6) is -8.52. The molecule has 0 saturated carbocycles. The van der Waals surface area contributed by atoms with Crippen LogP contribution in [0.4, 0.5) is 22.0 Å². The van der Waals surface area contributed by atoms with Crippen LogP contribution in [0.5, 0.6) is 0 Å². The van der Waals surface area contributed by atoms with E-state index in [0.29, 0.717) is 6.92 Å². The highest BCUT2D eigenvalue weighted by molar-refractivity contribution is 5.91. The van der Waals surface area contributed by atoms with E-state index in [1.165, 1.54) is 0 Å². The van der Waals surface area contributed by atoms with E-state index in [-0.39, 0.29) is 12.2 Å². The van der Waals surface area contributed by atoms with Gasteiger partial charge in [0.15, 0.2) is 5.60 Å². The number of esters is 1. The van der Waals surface area contributed by atoms with E-state index in [0.717, 1.165) is 20.8 Å². The summed E-state index contributed by atoms with van der Waals surface area (Å²) in [5.41, 5.74) is -5.00. The lowest BCUT2D eigenvalue weighted by atomic mass is 9.73. The Morgan fingerprint density at radius 1 is 0.952 bits per heavy atom. The maximum atomic E-state index is 13.7. The third-order valence-electron chi connectivity index (χ3n) is 3.05. The van der Waals surface area contributed by atoms with Gasteiger partial charge in [0.2, 0.25) is 0 Å². The first-order valence-electron chi connectivity index (χ1n) is 5.65. The number of rotatable bonds is 4. The molecule has 122 valence electrons. The molecule has 0 amide bonds. The zero-order valence-electron chi connectivity index (χ0n) is 11.7. The molecule has 0 bridgehead atoms. The van der Waals surface area contributed by atoms with Crippen molar-refractivity contribution in [3.8, 4) is 0 Å². The van der Waals surface area contributed by atoms with Crippen LogP contribution in [-0.2, 0) is 14.3 Å². The highest BCUT2D eigenvalue weighted by atomic mass is 19.4. The average molecular weight is 318 g/mol. The molecule has 0 aliphatic carbocycles. The molecule has 0 saturated heterocycles. The topological polar surface area (TPSA) is 63.6 Å². The number of halogens is 5. The van der Waals surface area contributed by atoms with Gasteiger partial charge in [0, 0.05) is 17.6 Å². The molecule has 4 nitrogen and oxygen atoms in total. The fourth-order valence-electron chi connectivity index (χ4n) is 1.33. The third kappa shape index (κ3) is 3.92. The van der Waals surface area contributed by atoms with Crippen LogP contribution in [0, 0.1) is 5.41 Å². The van der Waals surface area contributed by atoms with Gasteiger partial charge in [0.1, 0.15) is 0 Å². The first kappa shape index (κ1) is 19.3. The highest BCUT2D eigenvalue weighted by Crippen LogP contribution is 2.52. The molecular weight excluding hydrogens is 303 g/mol. The maximum Gasteiger partial charge on any atom is 0.457 e. The Morgan fingerprint density at radius 3 is 1.67 bits per heavy atom. The first-order valence-corrected chi connectivity index (χ1v) is 5.65. The molecule has 0 aliphatic rings. The molecule has 1 atom stereocenters. The van der Waals surface area contributed by atoms with Gasteiger partial charge in [-0.25, -0.2) is 9.59 Å². The molecule has 1 N–H and O–H groups in total. The van der Waals surface area contributed by atoms with Crippen molar-refractivity contribution in [1.82, 2.24) is 0 Å². The average Bonchev–Trinajstić information content (AvgIpc) is 2.22. The smallest absolute Gasteiger partial charge is 0.457 e. The minimum atomic E-state index is -5.94. The second-order valence-corrected chi connectivity index (χ2v) is 5.45. The second-order valence-electron chi connectivity index (χ2n) is 5.45. The normalized spacial score (nSPS) is 16.6. The molecule has 0 spiro atoms. The summed E-state index contributed by atoms with van der Waals surface area (Å²) in [6.45, 7) is 3.58. The summed E-state index contributed by atoms with van der Waals surface area (Å²) in [6, 6.07) is 0. The summed E-state index contributed by atoms with van der Waals surface area (Å²) < 4.78 is 69.4. The zero-order valence-corrected chi connectivity index (χ0v) is 11.7. The van der Waals surface area contributed by atoms with Crippen molar-refractivity contribution in [2.24, 2.45) is 5.41 Å². The van der Waals surface area contributed by atoms with E-state index in [1.807, 2.05) is 0 Å². The number of carboxylic acids is 1. The van der Waals surface area contributed by atoms with Crippen LogP contribution in [0.3, 0.4) is 0 Å². The van der Waals surface area contributed by atoms with Crippen LogP contribution in [-0.4, -0.2) is 34.7 Å². The Kier molecular flexibility index (Phi) is 5.16. The number of aliphatic carboxylic acids is 1. The van der Waals surface area contributed by atoms with Crippen LogP contribution in [0.2, 0.25) is 0 Å². The van der Waals surface area contributed by atoms with Gasteiger partial charge in [-0.15, -0.1) is 0 Å². The maximum absolute atomic E-state index is 13.7. The summed E-state index contributed by atoms with van der Waals surface area (Å²) >= 11 is 0. The molecular formula is C12H15F5O4. The predicted octanol–water partition coefficient (Wildman–Crippen LogP) is 3.17. The largest absolute Gasteiger partial charge is 0.478 e. The van der Waals surface area contributed by atoms with Gasteiger partial charge in [-0.2, -0.15) is 22.0 Å². The van der Waals surface area contributed by atoms with Crippen LogP contribution in [0.25, 0.3) is 0 Å². The molecule has 0 fully saturated rings. The molecule has 0 radical (unpaired) electrons. The van der Waals surface area contributed by atoms with Gasteiger partial charge in [0.05, 0.1) is 0 Å². The second kappa shape index (κ2) is 5.61. The lowest BCUT2D eigenvalue weighted by Crippen LogP contribution is -2.63. The van der Waals surface area contributed by atoms with Gasteiger partial charge in [-0.05, 0) is 6.92 Å². The number of hydrogen-bond donors (Lipinski definition) is 1. The van der Waals surface area contributed by atoms with E-state index >= 15 is 0 Å².